The predicted octanol–water partition coefficient (Wildman–Crippen LogP) is 2.62. The molecule has 5 saturated carbocycles. The van der Waals surface area contributed by atoms with E-state index in [1.54, 1.807) is 12.0 Å². The Morgan fingerprint density at radius 3 is 2.47 bits per heavy atom. The summed E-state index contributed by atoms with van der Waals surface area (Å²) in [6.45, 7) is 9.29. The third-order valence-electron chi connectivity index (χ3n) is 12.0. The third kappa shape index (κ3) is 7.09. The molecule has 5 N–H and O–H groups in total. The lowest BCUT2D eigenvalue weighted by Crippen LogP contribution is -2.62. The van der Waals surface area contributed by atoms with E-state index >= 15 is 0 Å². The lowest BCUT2D eigenvalue weighted by atomic mass is 9.45. The van der Waals surface area contributed by atoms with Crippen molar-refractivity contribution < 1.29 is 29.7 Å². The second-order valence-electron chi connectivity index (χ2n) is 15.0. The standard InChI is InChI=1S/C34H55N3O6/c1-20-27-16-25(34(27,3)4)17-28(20)36-33(42)31-30(21(2)39)29(19-38)43-37(31)18-23-8-5-7-22(15-23)9-6-14-35-32(41)24-10-12-26(40)13-11-24/h20-31,38-40H,5,7-8,10-19H2,1-4H3,(H,35,41)(H,36,42)/t20-,21-,22?,23?,24?,25+,26?,27-,28-,29-,30+,31-/m0/s1. The van der Waals surface area contributed by atoms with E-state index in [1.165, 1.54) is 6.42 Å². The average Bonchev–Trinajstić information content (AvgIpc) is 3.35. The van der Waals surface area contributed by atoms with Crippen molar-refractivity contribution in [2.45, 2.75) is 122 Å². The van der Waals surface area contributed by atoms with Gasteiger partial charge in [-0.2, -0.15) is 5.06 Å². The number of carbonyl (C=O) groups excluding carboxylic acids is 2. The van der Waals surface area contributed by atoms with E-state index in [0.717, 1.165) is 44.9 Å². The Hall–Kier alpha value is -1.70. The highest BCUT2D eigenvalue weighted by molar-refractivity contribution is 5.83. The molecule has 0 aromatic heterocycles. The molecule has 0 aromatic rings. The number of carbonyl (C=O) groups is 2. The SMILES string of the molecule is C[C@@H]1[C@@H](NC(=O)[C@@H]2[C@H]([C@H](C)O)[C@H](CO)ON2CC2CCCC(C#CCNC(=O)C3CCC(O)CC3)C2)C[C@H]2C[C@@H]1C2(C)C. The molecule has 10 atom stereocenters. The maximum absolute atomic E-state index is 13.9. The van der Waals surface area contributed by atoms with Gasteiger partial charge in [0, 0.05) is 30.3 Å². The lowest BCUT2D eigenvalue weighted by Gasteiger charge is -2.62. The molecule has 2 unspecified atom stereocenters. The second kappa shape index (κ2) is 13.7. The smallest absolute Gasteiger partial charge is 0.240 e. The molecule has 0 radical (unpaired) electrons. The molecule has 0 aromatic carbocycles. The number of hydrogen-bond donors (Lipinski definition) is 5. The van der Waals surface area contributed by atoms with Gasteiger partial charge in [-0.15, -0.1) is 0 Å². The summed E-state index contributed by atoms with van der Waals surface area (Å²) in [6, 6.07) is -0.535. The van der Waals surface area contributed by atoms with Crippen LogP contribution < -0.4 is 10.6 Å². The number of hydrogen-bond acceptors (Lipinski definition) is 7. The summed E-state index contributed by atoms with van der Waals surface area (Å²) in [6.07, 6.45) is 7.31. The van der Waals surface area contributed by atoms with Gasteiger partial charge >= 0.3 is 0 Å². The van der Waals surface area contributed by atoms with Crippen molar-refractivity contribution in [2.75, 3.05) is 19.7 Å². The van der Waals surface area contributed by atoms with Gasteiger partial charge in [-0.1, -0.05) is 39.0 Å². The summed E-state index contributed by atoms with van der Waals surface area (Å²) in [5.41, 5.74) is 0.333. The van der Waals surface area contributed by atoms with Gasteiger partial charge in [0.1, 0.15) is 12.1 Å². The van der Waals surface area contributed by atoms with Gasteiger partial charge in [0.05, 0.1) is 25.4 Å². The molecule has 1 heterocycles. The number of nitrogens with zero attached hydrogens (tertiary/aromatic N) is 1. The fraction of sp³-hybridized carbons (Fsp3) is 0.882. The fourth-order valence-corrected chi connectivity index (χ4v) is 9.16. The monoisotopic (exact) mass is 601 g/mol. The summed E-state index contributed by atoms with van der Waals surface area (Å²) in [4.78, 5) is 32.5. The first kappa shape index (κ1) is 32.7. The van der Waals surface area contributed by atoms with Crippen molar-refractivity contribution in [2.24, 2.45) is 46.8 Å². The van der Waals surface area contributed by atoms with E-state index in [1.807, 2.05) is 0 Å². The highest BCUT2D eigenvalue weighted by atomic mass is 16.7. The molecule has 6 aliphatic rings. The molecular formula is C34H55N3O6. The summed E-state index contributed by atoms with van der Waals surface area (Å²) < 4.78 is 0. The number of aliphatic hydroxyl groups excluding tert-OH is 3. The second-order valence-corrected chi connectivity index (χ2v) is 15.0. The van der Waals surface area contributed by atoms with Crippen LogP contribution in [0.25, 0.3) is 0 Å². The van der Waals surface area contributed by atoms with Crippen LogP contribution in [0, 0.1) is 58.7 Å². The van der Waals surface area contributed by atoms with Crippen LogP contribution in [0.15, 0.2) is 0 Å². The van der Waals surface area contributed by atoms with Crippen LogP contribution in [0.5, 0.6) is 0 Å². The average molecular weight is 602 g/mol. The Labute approximate surface area is 257 Å². The topological polar surface area (TPSA) is 131 Å². The quantitative estimate of drug-likeness (QED) is 0.270. The van der Waals surface area contributed by atoms with Crippen LogP contribution in [0.2, 0.25) is 0 Å². The van der Waals surface area contributed by atoms with E-state index in [9.17, 15) is 24.9 Å². The number of fused-ring (bicyclic) bond motifs is 2. The van der Waals surface area contributed by atoms with E-state index < -0.39 is 24.2 Å². The van der Waals surface area contributed by atoms with Gasteiger partial charge in [0.25, 0.3) is 0 Å². The van der Waals surface area contributed by atoms with Crippen LogP contribution in [0.1, 0.15) is 91.9 Å². The fourth-order valence-electron chi connectivity index (χ4n) is 9.16. The van der Waals surface area contributed by atoms with Crippen molar-refractivity contribution >= 4 is 11.8 Å². The van der Waals surface area contributed by atoms with Crippen molar-refractivity contribution in [3.8, 4) is 11.8 Å². The van der Waals surface area contributed by atoms with E-state index in [-0.39, 0.29) is 48.3 Å². The minimum Gasteiger partial charge on any atom is -0.394 e. The Bertz CT molecular complexity index is 1050. The molecule has 9 nitrogen and oxygen atoms in total. The zero-order chi connectivity index (χ0) is 30.9. The number of nitrogens with one attached hydrogen (secondary N) is 2. The number of rotatable bonds is 8. The number of aliphatic hydroxyl groups is 3. The molecule has 1 aliphatic heterocycles. The van der Waals surface area contributed by atoms with E-state index in [0.29, 0.717) is 49.1 Å². The maximum atomic E-state index is 13.9. The molecule has 9 heteroatoms. The largest absolute Gasteiger partial charge is 0.394 e. The van der Waals surface area contributed by atoms with Crippen LogP contribution in [-0.4, -0.2) is 82.3 Å². The normalized spacial score (nSPS) is 41.3. The lowest BCUT2D eigenvalue weighted by molar-refractivity contribution is -0.184. The Morgan fingerprint density at radius 1 is 1.07 bits per heavy atom. The predicted molar refractivity (Wildman–Crippen MR) is 163 cm³/mol. The molecule has 0 spiro atoms. The van der Waals surface area contributed by atoms with Crippen molar-refractivity contribution in [1.82, 2.24) is 15.7 Å². The first-order valence-electron chi connectivity index (χ1n) is 17.0. The molecular weight excluding hydrogens is 546 g/mol. The highest BCUT2D eigenvalue weighted by Gasteiger charge is 2.57. The minimum atomic E-state index is -0.798. The van der Waals surface area contributed by atoms with E-state index in [2.05, 4.69) is 43.2 Å². The van der Waals surface area contributed by atoms with Crippen molar-refractivity contribution in [3.05, 3.63) is 0 Å². The van der Waals surface area contributed by atoms with Crippen LogP contribution >= 0.6 is 0 Å². The van der Waals surface area contributed by atoms with Gasteiger partial charge in [-0.25, -0.2) is 0 Å². The summed E-state index contributed by atoms with van der Waals surface area (Å²) in [5, 5.41) is 38.6. The molecule has 5 aliphatic carbocycles. The first-order chi connectivity index (χ1) is 20.5. The first-order valence-corrected chi connectivity index (χ1v) is 17.0. The zero-order valence-electron chi connectivity index (χ0n) is 26.6. The molecule has 242 valence electrons. The van der Waals surface area contributed by atoms with E-state index in [4.69, 9.17) is 4.84 Å². The van der Waals surface area contributed by atoms with Gasteiger partial charge in [0.2, 0.25) is 11.8 Å². The molecule has 6 fully saturated rings. The van der Waals surface area contributed by atoms with Crippen LogP contribution in [0.3, 0.4) is 0 Å². The molecule has 1 saturated heterocycles. The van der Waals surface area contributed by atoms with Crippen LogP contribution in [0.4, 0.5) is 0 Å². The highest BCUT2D eigenvalue weighted by Crippen LogP contribution is 2.61. The summed E-state index contributed by atoms with van der Waals surface area (Å²) in [7, 11) is 0. The molecule has 2 amide bonds. The molecule has 2 bridgehead atoms. The Kier molecular flexibility index (Phi) is 10.4. The third-order valence-corrected chi connectivity index (χ3v) is 12.0. The van der Waals surface area contributed by atoms with Gasteiger partial charge in [0.15, 0.2) is 0 Å². The Morgan fingerprint density at radius 2 is 1.81 bits per heavy atom. The Balaban J connectivity index is 1.17. The summed E-state index contributed by atoms with van der Waals surface area (Å²) in [5.74, 6) is 8.07. The van der Waals surface area contributed by atoms with Gasteiger partial charge < -0.3 is 26.0 Å². The van der Waals surface area contributed by atoms with Crippen molar-refractivity contribution in [3.63, 3.8) is 0 Å². The number of hydroxylamine groups is 2. The minimum absolute atomic E-state index is 0.0260. The van der Waals surface area contributed by atoms with Gasteiger partial charge in [-0.05, 0) is 93.8 Å². The van der Waals surface area contributed by atoms with Crippen molar-refractivity contribution in [1.29, 1.82) is 0 Å². The maximum Gasteiger partial charge on any atom is 0.240 e. The van der Waals surface area contributed by atoms with Crippen LogP contribution in [-0.2, 0) is 14.4 Å². The zero-order valence-corrected chi connectivity index (χ0v) is 26.6. The summed E-state index contributed by atoms with van der Waals surface area (Å²) >= 11 is 0. The van der Waals surface area contributed by atoms with Gasteiger partial charge in [-0.3, -0.25) is 14.4 Å². The molecule has 43 heavy (non-hydrogen) atoms. The number of amides is 2. The molecule has 6 rings (SSSR count).